The van der Waals surface area contributed by atoms with Gasteiger partial charge in [-0.25, -0.2) is 0 Å². The summed E-state index contributed by atoms with van der Waals surface area (Å²) in [4.78, 5) is 5.83. The van der Waals surface area contributed by atoms with Gasteiger partial charge in [0.25, 0.3) is 0 Å². The van der Waals surface area contributed by atoms with Gasteiger partial charge in [-0.1, -0.05) is 159 Å². The van der Waals surface area contributed by atoms with Crippen LogP contribution in [0.2, 0.25) is 0 Å². The third-order valence-corrected chi connectivity index (χ3v) is 12.1. The predicted molar refractivity (Wildman–Crippen MR) is 272 cm³/mol. The van der Waals surface area contributed by atoms with Crippen molar-refractivity contribution in [3.63, 3.8) is 0 Å². The van der Waals surface area contributed by atoms with E-state index in [9.17, 15) is 0 Å². The van der Waals surface area contributed by atoms with Crippen molar-refractivity contribution >= 4 is 82.4 Å². The molecule has 1 N–H and O–H groups in total. The normalized spacial score (nSPS) is 16.0. The maximum absolute atomic E-state index is 6.28. The quantitative estimate of drug-likeness (QED) is 0.192. The number of H-pyrrole nitrogens is 1. The lowest BCUT2D eigenvalue weighted by atomic mass is 10.0. The van der Waals surface area contributed by atoms with Gasteiger partial charge >= 0.3 is 0 Å². The lowest BCUT2D eigenvalue weighted by Gasteiger charge is -2.20. The molecule has 0 aliphatic carbocycles. The van der Waals surface area contributed by atoms with Crippen molar-refractivity contribution in [2.45, 2.75) is 0 Å². The highest BCUT2D eigenvalue weighted by molar-refractivity contribution is 6.11. The lowest BCUT2D eigenvalue weighted by molar-refractivity contribution is 0.669. The Balaban J connectivity index is 0.000000705. The number of rotatable bonds is 4. The van der Waals surface area contributed by atoms with Gasteiger partial charge in [-0.15, -0.1) is 0 Å². The van der Waals surface area contributed by atoms with Crippen LogP contribution in [0.15, 0.2) is 260 Å². The van der Waals surface area contributed by atoms with Crippen molar-refractivity contribution in [1.82, 2.24) is 9.55 Å². The summed E-state index contributed by atoms with van der Waals surface area (Å²) in [5.74, 6) is 0. The first-order chi connectivity index (χ1) is 31.6. The summed E-state index contributed by atoms with van der Waals surface area (Å²) in [7, 11) is 0. The Labute approximate surface area is 371 Å². The Morgan fingerprint density at radius 3 is 1.66 bits per heavy atom. The number of nitrogens with one attached hydrogen (secondary N) is 1. The Morgan fingerprint density at radius 2 is 0.922 bits per heavy atom. The van der Waals surface area contributed by atoms with Gasteiger partial charge in [-0.05, 0) is 106 Å². The number of fused-ring (bicyclic) bond motifs is 9. The van der Waals surface area contributed by atoms with Gasteiger partial charge in [0.15, 0.2) is 0 Å². The first kappa shape index (κ1) is 38.3. The zero-order valence-electron chi connectivity index (χ0n) is 35.2. The molecule has 4 nitrogen and oxygen atoms in total. The summed E-state index contributed by atoms with van der Waals surface area (Å²) in [6.45, 7) is 8.87. The van der Waals surface area contributed by atoms with Gasteiger partial charge in [-0.2, -0.15) is 0 Å². The molecule has 8 aromatic carbocycles. The van der Waals surface area contributed by atoms with Crippen molar-refractivity contribution in [3.8, 4) is 5.69 Å². The number of hydrogen-bond acceptors (Lipinski definition) is 2. The van der Waals surface area contributed by atoms with E-state index in [2.05, 4.69) is 210 Å². The molecular formula is C60H43N3O. The summed E-state index contributed by atoms with van der Waals surface area (Å²) < 4.78 is 8.63. The van der Waals surface area contributed by atoms with Crippen LogP contribution in [0.4, 0.5) is 5.69 Å². The summed E-state index contributed by atoms with van der Waals surface area (Å²) in [5, 5.41) is 6.92. The number of furan rings is 1. The van der Waals surface area contributed by atoms with Crippen LogP contribution < -0.4 is 4.90 Å². The molecule has 0 amide bonds. The maximum atomic E-state index is 6.28. The lowest BCUT2D eigenvalue weighted by Crippen LogP contribution is -2.09. The highest BCUT2D eigenvalue weighted by atomic mass is 16.3. The number of allylic oxidation sites excluding steroid dienone is 8. The second-order valence-electron chi connectivity index (χ2n) is 16.1. The fourth-order valence-corrected chi connectivity index (χ4v) is 8.80. The van der Waals surface area contributed by atoms with Crippen molar-refractivity contribution in [2.75, 3.05) is 4.90 Å². The Bertz CT molecular complexity index is 3680. The van der Waals surface area contributed by atoms with E-state index >= 15 is 0 Å². The van der Waals surface area contributed by atoms with Crippen molar-refractivity contribution < 1.29 is 4.42 Å². The third kappa shape index (κ3) is 7.13. The summed E-state index contributed by atoms with van der Waals surface area (Å²) >= 11 is 0. The molecule has 0 unspecified atom stereocenters. The Kier molecular flexibility index (Phi) is 9.79. The highest BCUT2D eigenvalue weighted by Crippen LogP contribution is 2.37. The third-order valence-electron chi connectivity index (χ3n) is 12.1. The Morgan fingerprint density at radius 1 is 0.375 bits per heavy atom. The van der Waals surface area contributed by atoms with Crippen molar-refractivity contribution in [3.05, 3.63) is 266 Å². The fourth-order valence-electron chi connectivity index (χ4n) is 8.80. The molecular weight excluding hydrogens is 779 g/mol. The van der Waals surface area contributed by atoms with E-state index < -0.39 is 0 Å². The molecule has 0 spiro atoms. The molecule has 0 bridgehead atoms. The van der Waals surface area contributed by atoms with E-state index in [4.69, 9.17) is 4.42 Å². The fraction of sp³-hybridized carbons (Fsp3) is 0. The van der Waals surface area contributed by atoms with Crippen LogP contribution >= 0.6 is 0 Å². The average molecular weight is 822 g/mol. The molecule has 304 valence electrons. The summed E-state index contributed by atoms with van der Waals surface area (Å²) in [5.41, 5.74) is 14.3. The van der Waals surface area contributed by atoms with E-state index in [-0.39, 0.29) is 0 Å². The van der Waals surface area contributed by atoms with Gasteiger partial charge in [0.05, 0.1) is 11.0 Å². The van der Waals surface area contributed by atoms with E-state index in [1.54, 1.807) is 0 Å². The highest BCUT2D eigenvalue weighted by Gasteiger charge is 2.17. The number of anilines is 1. The molecule has 4 heterocycles. The van der Waals surface area contributed by atoms with Crippen LogP contribution in [-0.2, 0) is 0 Å². The van der Waals surface area contributed by atoms with Crippen molar-refractivity contribution in [1.29, 1.82) is 0 Å². The molecule has 1 aliphatic heterocycles. The molecule has 4 heteroatoms. The monoisotopic (exact) mass is 821 g/mol. The predicted octanol–water partition coefficient (Wildman–Crippen LogP) is 16.1. The van der Waals surface area contributed by atoms with Gasteiger partial charge in [0.2, 0.25) is 0 Å². The van der Waals surface area contributed by atoms with E-state index in [0.717, 1.165) is 83.3 Å². The number of nitrogens with zero attached hydrogens (tertiary/aromatic N) is 2. The molecule has 3 aromatic heterocycles. The first-order valence-electron chi connectivity index (χ1n) is 21.5. The van der Waals surface area contributed by atoms with Crippen LogP contribution in [0.3, 0.4) is 0 Å². The number of para-hydroxylation sites is 4. The minimum atomic E-state index is 0.843. The second kappa shape index (κ2) is 16.4. The van der Waals surface area contributed by atoms with Gasteiger partial charge < -0.3 is 18.9 Å². The topological polar surface area (TPSA) is 37.1 Å². The molecule has 64 heavy (non-hydrogen) atoms. The van der Waals surface area contributed by atoms with E-state index in [1.165, 1.54) is 27.1 Å². The molecule has 0 saturated heterocycles. The molecule has 0 radical (unpaired) electrons. The van der Waals surface area contributed by atoms with E-state index in [0.29, 0.717) is 0 Å². The van der Waals surface area contributed by atoms with Gasteiger partial charge in [-0.3, -0.25) is 0 Å². The summed E-state index contributed by atoms with van der Waals surface area (Å²) in [6, 6.07) is 67.8. The average Bonchev–Trinajstić information content (AvgIpc) is 4.02. The van der Waals surface area contributed by atoms with Crippen LogP contribution in [0.25, 0.3) is 82.4 Å². The van der Waals surface area contributed by atoms with Crippen LogP contribution in [0.1, 0.15) is 11.1 Å². The van der Waals surface area contributed by atoms with Crippen molar-refractivity contribution in [2.24, 2.45) is 0 Å². The van der Waals surface area contributed by atoms with Gasteiger partial charge in [0.1, 0.15) is 11.2 Å². The second-order valence-corrected chi connectivity index (χ2v) is 16.1. The Hall–Kier alpha value is -8.60. The molecule has 1 aliphatic rings. The number of aromatic amines is 1. The SMILES string of the molecule is C=C1/C=C\C(c2ccc3[nH]c4ccccc4c3c2)=C/N(c2ccc3oc4ccccc4c3c2)/C=C(c2ccc3c(c2)c2ccccc2n3-c2ccccc2)\C=C/C1=C.c1ccccc1. The van der Waals surface area contributed by atoms with E-state index in [1.807, 2.05) is 48.5 Å². The zero-order valence-corrected chi connectivity index (χ0v) is 35.2. The van der Waals surface area contributed by atoms with Crippen LogP contribution in [0.5, 0.6) is 0 Å². The number of benzene rings is 8. The van der Waals surface area contributed by atoms with Gasteiger partial charge in [0, 0.05) is 67.1 Å². The molecule has 0 atom stereocenters. The molecule has 0 saturated carbocycles. The van der Waals surface area contributed by atoms with Crippen LogP contribution in [-0.4, -0.2) is 9.55 Å². The zero-order chi connectivity index (χ0) is 43.0. The first-order valence-corrected chi connectivity index (χ1v) is 21.5. The number of hydrogen-bond donors (Lipinski definition) is 1. The molecule has 0 fully saturated rings. The largest absolute Gasteiger partial charge is 0.456 e. The molecule has 11 aromatic rings. The smallest absolute Gasteiger partial charge is 0.135 e. The molecule has 12 rings (SSSR count). The standard InChI is InChI=1S/C54H37N3O.C6H6/c1-35-20-22-39(37-24-27-50-46(30-37)43-14-6-9-17-49(43)55-50)33-56(42-26-29-54-48(32-42)45-16-8-11-19-53(45)58-54)34-40(23-21-36(35)2)38-25-28-52-47(31-38)44-15-7-10-18-51(44)57(52)41-12-4-3-5-13-41;1-2-4-6-5-3-1/h3-34,55H,1-2H2;1-6H/b22-20-,23-21-,39-33+,40-34+;. The minimum absolute atomic E-state index is 0.843. The van der Waals surface area contributed by atoms with Crippen LogP contribution in [0, 0.1) is 0 Å². The number of aromatic nitrogens is 2. The minimum Gasteiger partial charge on any atom is -0.456 e. The maximum Gasteiger partial charge on any atom is 0.135 e. The summed E-state index contributed by atoms with van der Waals surface area (Å²) in [6.07, 6.45) is 12.9.